The van der Waals surface area contributed by atoms with Crippen LogP contribution in [0, 0.1) is 87.5 Å². The van der Waals surface area contributed by atoms with Crippen molar-refractivity contribution >= 4 is 92.1 Å². The van der Waals surface area contributed by atoms with Crippen LogP contribution in [0.15, 0.2) is 91.0 Å². The van der Waals surface area contributed by atoms with Gasteiger partial charge in [-0.2, -0.15) is 10.5 Å². The molecule has 0 fully saturated rings. The largest absolute Gasteiger partial charge is 1.00 e. The molecule has 0 aliphatic heterocycles. The molecular formula is C87H126BrCl2KN8O17. The number of carboxylic acid groups (broad SMARTS) is 2. The van der Waals surface area contributed by atoms with Gasteiger partial charge in [-0.3, -0.25) is 48.6 Å². The molecule has 5 aromatic rings. The molecule has 116 heavy (non-hydrogen) atoms. The zero-order chi connectivity index (χ0) is 89.4. The van der Waals surface area contributed by atoms with Crippen molar-refractivity contribution in [3.05, 3.63) is 159 Å². The molecule has 0 radical (unpaired) electrons. The SMILES string of the molecule is CC(C)(C)OC(=O)CC#N.CC(C)CCBr.CCOC(=O)CC(=O)C(CCC(C)C)c1cccc(C)n1.CCOC(=O)CC(=O)[O-].CCOC(=O)Cl.Cc1cccc(C(C#N)C(=O)OC(C)(C)C)n1.Cc1cccc(C(CCC(C)C)C(=O)O)n1.Cc1cccc(Cl)n1.[C-]#[N+]C(CCC(C)C)(C(=O)OC(C)(C)C)c1cccc(C)n1.[K+]. The number of carboxylic acids is 2. The van der Waals surface area contributed by atoms with Crippen molar-refractivity contribution in [1.82, 2.24) is 24.9 Å². The fraction of sp³-hybridized carbons (Fsp3) is 0.575. The number of halogens is 3. The van der Waals surface area contributed by atoms with Crippen LogP contribution in [0.2, 0.25) is 5.15 Å². The van der Waals surface area contributed by atoms with Gasteiger partial charge < -0.3 is 43.4 Å². The fourth-order valence-corrected chi connectivity index (χ4v) is 10.2. The number of ether oxygens (including phenoxy) is 6. The Balaban J connectivity index is -0.000000411. The smallest absolute Gasteiger partial charge is 0.550 e. The van der Waals surface area contributed by atoms with Crippen molar-refractivity contribution in [1.29, 1.82) is 10.5 Å². The molecule has 0 aliphatic rings. The Hall–Kier alpha value is -7.65. The van der Waals surface area contributed by atoms with Gasteiger partial charge in [-0.05, 0) is 241 Å². The first-order valence-electron chi connectivity index (χ1n) is 38.1. The first-order valence-corrected chi connectivity index (χ1v) is 40.0. The van der Waals surface area contributed by atoms with Gasteiger partial charge in [-0.1, -0.05) is 113 Å². The summed E-state index contributed by atoms with van der Waals surface area (Å²) in [6.07, 6.45) is 4.67. The minimum absolute atomic E-state index is 0. The summed E-state index contributed by atoms with van der Waals surface area (Å²) < 4.78 is 28.9. The van der Waals surface area contributed by atoms with Crippen LogP contribution in [0.25, 0.3) is 4.85 Å². The van der Waals surface area contributed by atoms with E-state index in [-0.39, 0.29) is 82.5 Å². The molecule has 0 bridgehead atoms. The molecular weight excluding hydrogens is 1620 g/mol. The van der Waals surface area contributed by atoms with Gasteiger partial charge in [-0.15, -0.1) is 0 Å². The molecule has 0 spiro atoms. The van der Waals surface area contributed by atoms with E-state index in [0.29, 0.717) is 72.5 Å². The number of carbonyl (C=O) groups excluding carboxylic acids is 8. The number of rotatable bonds is 27. The average molecular weight is 1750 g/mol. The second-order valence-corrected chi connectivity index (χ2v) is 32.0. The Kier molecular flexibility index (Phi) is 64.9. The normalized spacial score (nSPS) is 11.6. The molecule has 0 aliphatic carbocycles. The van der Waals surface area contributed by atoms with Crippen LogP contribution < -0.4 is 56.5 Å². The topological polar surface area (TPSA) is 369 Å². The van der Waals surface area contributed by atoms with E-state index in [1.54, 1.807) is 98.7 Å². The summed E-state index contributed by atoms with van der Waals surface area (Å²) in [5.74, 6) is -4.51. The number of nitrogens with zero attached hydrogens (tertiary/aromatic N) is 8. The monoisotopic (exact) mass is 1740 g/mol. The van der Waals surface area contributed by atoms with Crippen molar-refractivity contribution in [3.63, 3.8) is 0 Å². The molecule has 4 unspecified atom stereocenters. The molecule has 638 valence electrons. The van der Waals surface area contributed by atoms with Crippen LogP contribution in [-0.4, -0.2) is 125 Å². The Bertz CT molecular complexity index is 3840. The third-order valence-corrected chi connectivity index (χ3v) is 15.0. The molecule has 25 nitrogen and oxygen atoms in total. The number of hydrogen-bond donors (Lipinski definition) is 1. The van der Waals surface area contributed by atoms with Crippen LogP contribution >= 0.6 is 39.1 Å². The molecule has 29 heteroatoms. The van der Waals surface area contributed by atoms with E-state index in [2.05, 4.69) is 111 Å². The van der Waals surface area contributed by atoms with Crippen LogP contribution in [-0.2, 0) is 72.3 Å². The fourth-order valence-electron chi connectivity index (χ4n) is 8.93. The van der Waals surface area contributed by atoms with Crippen molar-refractivity contribution < 1.29 is 133 Å². The maximum absolute atomic E-state index is 12.8. The van der Waals surface area contributed by atoms with E-state index in [1.165, 1.54) is 6.42 Å². The summed E-state index contributed by atoms with van der Waals surface area (Å²) in [6, 6.07) is 31.1. The summed E-state index contributed by atoms with van der Waals surface area (Å²) in [6.45, 7) is 56.0. The maximum Gasteiger partial charge on any atom is 1.00 e. The van der Waals surface area contributed by atoms with E-state index in [9.17, 15) is 53.4 Å². The Morgan fingerprint density at radius 1 is 0.526 bits per heavy atom. The van der Waals surface area contributed by atoms with Gasteiger partial charge in [-0.25, -0.2) is 26.1 Å². The van der Waals surface area contributed by atoms with E-state index in [0.717, 1.165) is 64.7 Å². The van der Waals surface area contributed by atoms with Gasteiger partial charge in [0.25, 0.3) is 0 Å². The van der Waals surface area contributed by atoms with Crippen LogP contribution in [0.4, 0.5) is 4.79 Å². The number of Topliss-reactive ketones (excluding diaryl/α,β-unsaturated/α-hetero) is 1. The number of aromatic nitrogens is 5. The second kappa shape index (κ2) is 64.4. The quantitative estimate of drug-likeness (QED) is 0.00745. The minimum atomic E-state index is -1.41. The van der Waals surface area contributed by atoms with E-state index in [1.807, 2.05) is 122 Å². The Labute approximate surface area is 751 Å². The summed E-state index contributed by atoms with van der Waals surface area (Å²) in [5, 5.41) is 37.7. The Morgan fingerprint density at radius 2 is 0.914 bits per heavy atom. The van der Waals surface area contributed by atoms with Crippen LogP contribution in [0.5, 0.6) is 0 Å². The second-order valence-electron chi connectivity index (χ2n) is 30.5. The van der Waals surface area contributed by atoms with Gasteiger partial charge in [0.05, 0.1) is 73.3 Å². The molecule has 5 heterocycles. The van der Waals surface area contributed by atoms with E-state index < -0.39 is 87.8 Å². The third-order valence-electron chi connectivity index (χ3n) is 14.2. The van der Waals surface area contributed by atoms with E-state index in [4.69, 9.17) is 59.2 Å². The zero-order valence-corrected chi connectivity index (χ0v) is 79.5. The minimum Gasteiger partial charge on any atom is -0.550 e. The predicted molar refractivity (Wildman–Crippen MR) is 448 cm³/mol. The summed E-state index contributed by atoms with van der Waals surface area (Å²) >= 11 is 13.6. The molecule has 1 N–H and O–H groups in total. The van der Waals surface area contributed by atoms with Gasteiger partial charge in [0.15, 0.2) is 11.7 Å². The number of nitriles is 2. The molecule has 4 atom stereocenters. The molecule has 0 amide bonds. The van der Waals surface area contributed by atoms with Gasteiger partial charge in [0, 0.05) is 51.8 Å². The first kappa shape index (κ1) is 117. The number of esters is 5. The van der Waals surface area contributed by atoms with Gasteiger partial charge in [0.2, 0.25) is 0 Å². The molecule has 0 aromatic carbocycles. The number of hydrogen-bond acceptors (Lipinski definition) is 23. The molecule has 5 aromatic heterocycles. The third kappa shape index (κ3) is 62.6. The number of carbonyl (C=O) groups is 9. The number of aryl methyl sites for hydroxylation is 5. The van der Waals surface area contributed by atoms with Gasteiger partial charge in [0.1, 0.15) is 40.5 Å². The van der Waals surface area contributed by atoms with Crippen LogP contribution in [0.1, 0.15) is 272 Å². The van der Waals surface area contributed by atoms with Crippen molar-refractivity contribution in [2.24, 2.45) is 23.7 Å². The molecule has 0 saturated heterocycles. The number of pyridine rings is 5. The standard InChI is InChI=1S/C18H26N2O2.C17H25NO3.C13H16N2O2.C13H19NO2.C7H11NO2.C6H6ClN.C5H11Br.C5H8O4.C3H5ClO2.K/c1-13(2)11-12-18(19-7,16(21)22-17(4,5)6)15-10-8-9-14(3)20-15;1-5-21-17(20)11-16(19)14(10-9-12(2)3)15-8-6-7-13(4)18-15;1-9-6-5-7-11(15-9)10(8-14)12(16)17-13(2,3)4;1-9(2)7-8-11(13(15)16)12-6-4-5-10(3)14-12;1-7(2,3)10-6(9)4-5-8;1-5-3-2-4-6(7)8-5;1-5(2)3-4-6;1-2-9-5(8)3-4(6)7;1-2-6-3(4)5;/h8-10,13H,11-12H2,1-6H3;6-8,12,14H,5,9-11H2,1-4H3;5-7,10H,1-4H3;4-6,9,11H,7-8H2,1-3H3,(H,15,16);4H2,1-3H3;2-4H,1H3;5H,3-4H2,1-2H3;2-3H2,1H3,(H,6,7);2H2,1H3;/q;;;;;;;;;+1/p-1. The number of ketones is 1. The predicted octanol–water partition coefficient (Wildman–Crippen LogP) is 15.8. The number of alkyl halides is 1. The van der Waals surface area contributed by atoms with Crippen molar-refractivity contribution in [2.75, 3.05) is 25.2 Å². The number of aliphatic carboxylic acids is 2. The summed E-state index contributed by atoms with van der Waals surface area (Å²) in [5.41, 5.74) is 2.80. The average Bonchev–Trinajstić information content (AvgIpc) is 0.786. The van der Waals surface area contributed by atoms with Crippen molar-refractivity contribution in [2.45, 2.75) is 277 Å². The maximum atomic E-state index is 12.8. The molecule has 5 rings (SSSR count). The Morgan fingerprint density at radius 3 is 1.23 bits per heavy atom. The van der Waals surface area contributed by atoms with Gasteiger partial charge >= 0.3 is 98.2 Å². The van der Waals surface area contributed by atoms with Crippen molar-refractivity contribution in [3.8, 4) is 12.1 Å². The molecule has 0 saturated carbocycles. The van der Waals surface area contributed by atoms with E-state index >= 15 is 0 Å². The summed E-state index contributed by atoms with van der Waals surface area (Å²) in [7, 11) is 0. The summed E-state index contributed by atoms with van der Waals surface area (Å²) in [4.78, 5) is 125. The first-order chi connectivity index (χ1) is 53.3. The zero-order valence-electron chi connectivity index (χ0n) is 73.3. The van der Waals surface area contributed by atoms with Crippen LogP contribution in [0.3, 0.4) is 0 Å².